The fraction of sp³-hybridized carbons (Fsp3) is 0. The number of amides is 4. The zero-order valence-corrected chi connectivity index (χ0v) is 17.5. The Morgan fingerprint density at radius 1 is 0.636 bits per heavy atom. The van der Waals surface area contributed by atoms with Crippen molar-refractivity contribution in [1.29, 1.82) is 0 Å². The van der Waals surface area contributed by atoms with Crippen molar-refractivity contribution in [3.05, 3.63) is 108 Å². The fourth-order valence-corrected chi connectivity index (χ4v) is 3.96. The first-order chi connectivity index (χ1) is 16.1. The van der Waals surface area contributed by atoms with Gasteiger partial charge in [-0.05, 0) is 35.4 Å². The highest BCUT2D eigenvalue weighted by Gasteiger charge is 2.29. The predicted molar refractivity (Wildman–Crippen MR) is 126 cm³/mol. The Hall–Kier alpha value is -4.71. The monoisotopic (exact) mass is 433 g/mol. The van der Waals surface area contributed by atoms with E-state index >= 15 is 0 Å². The van der Waals surface area contributed by atoms with Gasteiger partial charge in [-0.3, -0.25) is 20.2 Å². The molecule has 1 aliphatic heterocycles. The Balaban J connectivity index is 1.82. The molecule has 0 radical (unpaired) electrons. The second-order valence-corrected chi connectivity index (χ2v) is 7.53. The minimum atomic E-state index is -0.822. The highest BCUT2D eigenvalue weighted by atomic mass is 16.2. The molecule has 1 saturated heterocycles. The average molecular weight is 433 g/mol. The molecule has 3 aromatic carbocycles. The zero-order chi connectivity index (χ0) is 22.8. The molecule has 0 spiro atoms. The smallest absolute Gasteiger partial charge is 0.309 e. The molecular formula is C27H19N3O3. The lowest BCUT2D eigenvalue weighted by molar-refractivity contribution is -0.123. The van der Waals surface area contributed by atoms with E-state index in [1.807, 2.05) is 97.1 Å². The van der Waals surface area contributed by atoms with Gasteiger partial charge < -0.3 is 4.57 Å². The molecule has 5 rings (SSSR count). The quantitative estimate of drug-likeness (QED) is 0.366. The molecular weight excluding hydrogens is 414 g/mol. The van der Waals surface area contributed by atoms with Crippen LogP contribution in [0.15, 0.2) is 103 Å². The van der Waals surface area contributed by atoms with E-state index < -0.39 is 17.8 Å². The van der Waals surface area contributed by atoms with Crippen LogP contribution in [0, 0.1) is 0 Å². The van der Waals surface area contributed by atoms with E-state index in [0.717, 1.165) is 28.2 Å². The van der Waals surface area contributed by atoms with Crippen LogP contribution in [0.3, 0.4) is 0 Å². The van der Waals surface area contributed by atoms with Crippen LogP contribution in [0.25, 0.3) is 34.3 Å². The van der Waals surface area contributed by atoms with Crippen LogP contribution in [0.2, 0.25) is 0 Å². The third kappa shape index (κ3) is 3.85. The number of hydrogen-bond donors (Lipinski definition) is 2. The molecule has 33 heavy (non-hydrogen) atoms. The van der Waals surface area contributed by atoms with Crippen molar-refractivity contribution in [3.63, 3.8) is 0 Å². The van der Waals surface area contributed by atoms with E-state index in [1.54, 1.807) is 0 Å². The van der Waals surface area contributed by atoms with Gasteiger partial charge in [-0.15, -0.1) is 0 Å². The number of urea groups is 1. The number of barbiturate groups is 1. The van der Waals surface area contributed by atoms with E-state index in [0.29, 0.717) is 5.56 Å². The number of benzene rings is 3. The van der Waals surface area contributed by atoms with Gasteiger partial charge in [0.15, 0.2) is 0 Å². The summed E-state index contributed by atoms with van der Waals surface area (Å²) in [5.74, 6) is -1.45. The molecule has 2 heterocycles. The number of rotatable bonds is 4. The maximum Gasteiger partial charge on any atom is 0.328 e. The zero-order valence-electron chi connectivity index (χ0n) is 17.5. The van der Waals surface area contributed by atoms with Gasteiger partial charge in [-0.2, -0.15) is 0 Å². The predicted octanol–water partition coefficient (Wildman–Crippen LogP) is 4.56. The first-order valence-electron chi connectivity index (χ1n) is 10.4. The topological polar surface area (TPSA) is 80.2 Å². The minimum absolute atomic E-state index is 0.128. The van der Waals surface area contributed by atoms with Crippen LogP contribution in [0.5, 0.6) is 0 Å². The van der Waals surface area contributed by atoms with Crippen molar-refractivity contribution < 1.29 is 14.4 Å². The molecule has 0 bridgehead atoms. The fourth-order valence-electron chi connectivity index (χ4n) is 3.96. The van der Waals surface area contributed by atoms with E-state index in [4.69, 9.17) is 0 Å². The van der Waals surface area contributed by atoms with Crippen molar-refractivity contribution in [3.8, 4) is 28.2 Å². The molecule has 6 nitrogen and oxygen atoms in total. The van der Waals surface area contributed by atoms with Gasteiger partial charge in [-0.1, -0.05) is 78.9 Å². The number of imide groups is 2. The Morgan fingerprint density at radius 3 is 1.73 bits per heavy atom. The Kier molecular flexibility index (Phi) is 5.16. The molecule has 0 aliphatic carbocycles. The highest BCUT2D eigenvalue weighted by molar-refractivity contribution is 6.31. The van der Waals surface area contributed by atoms with Gasteiger partial charge in [0.05, 0.1) is 11.4 Å². The second kappa shape index (κ2) is 8.43. The van der Waals surface area contributed by atoms with Crippen LogP contribution < -0.4 is 10.6 Å². The summed E-state index contributed by atoms with van der Waals surface area (Å²) in [5.41, 5.74) is 5.12. The molecule has 4 amide bonds. The number of carbonyl (C=O) groups excluding carboxylic acids is 3. The number of aromatic nitrogens is 1. The third-order valence-corrected chi connectivity index (χ3v) is 5.40. The molecule has 1 aliphatic rings. The number of nitrogens with one attached hydrogen (secondary N) is 2. The first kappa shape index (κ1) is 20.2. The maximum absolute atomic E-state index is 12.4. The van der Waals surface area contributed by atoms with Crippen LogP contribution in [-0.2, 0) is 9.59 Å². The first-order valence-corrected chi connectivity index (χ1v) is 10.4. The van der Waals surface area contributed by atoms with Crippen LogP contribution in [0.1, 0.15) is 5.56 Å². The summed E-state index contributed by atoms with van der Waals surface area (Å²) in [5, 5.41) is 4.28. The second-order valence-electron chi connectivity index (χ2n) is 7.53. The summed E-state index contributed by atoms with van der Waals surface area (Å²) in [7, 11) is 0. The van der Waals surface area contributed by atoms with E-state index in [-0.39, 0.29) is 5.57 Å². The van der Waals surface area contributed by atoms with Crippen LogP contribution in [-0.4, -0.2) is 22.4 Å². The summed E-state index contributed by atoms with van der Waals surface area (Å²) in [4.78, 5) is 36.4. The van der Waals surface area contributed by atoms with Gasteiger partial charge >= 0.3 is 6.03 Å². The van der Waals surface area contributed by atoms with Gasteiger partial charge in [0.2, 0.25) is 0 Å². The number of hydrogen-bond acceptors (Lipinski definition) is 3. The van der Waals surface area contributed by atoms with Crippen LogP contribution in [0.4, 0.5) is 4.79 Å². The maximum atomic E-state index is 12.4. The lowest BCUT2D eigenvalue weighted by atomic mass is 10.0. The van der Waals surface area contributed by atoms with Crippen molar-refractivity contribution in [2.75, 3.05) is 0 Å². The Labute approximate surface area is 190 Å². The molecule has 0 atom stereocenters. The third-order valence-electron chi connectivity index (χ3n) is 5.40. The normalized spacial score (nSPS) is 13.5. The van der Waals surface area contributed by atoms with Gasteiger partial charge in [0.25, 0.3) is 11.8 Å². The lowest BCUT2D eigenvalue weighted by Gasteiger charge is -2.16. The van der Waals surface area contributed by atoms with Crippen molar-refractivity contribution >= 4 is 23.9 Å². The summed E-state index contributed by atoms with van der Waals surface area (Å²) in [6.07, 6.45) is 1.53. The van der Waals surface area contributed by atoms with Gasteiger partial charge in [0, 0.05) is 11.3 Å². The van der Waals surface area contributed by atoms with Crippen molar-refractivity contribution in [2.45, 2.75) is 0 Å². The van der Waals surface area contributed by atoms with Crippen molar-refractivity contribution in [2.24, 2.45) is 0 Å². The summed E-state index contributed by atoms with van der Waals surface area (Å²) < 4.78 is 2.11. The summed E-state index contributed by atoms with van der Waals surface area (Å²) >= 11 is 0. The summed E-state index contributed by atoms with van der Waals surface area (Å²) in [6.45, 7) is 0. The number of para-hydroxylation sites is 1. The lowest BCUT2D eigenvalue weighted by Crippen LogP contribution is -2.51. The van der Waals surface area contributed by atoms with Crippen LogP contribution >= 0.6 is 0 Å². The van der Waals surface area contributed by atoms with Crippen molar-refractivity contribution in [1.82, 2.24) is 15.2 Å². The highest BCUT2D eigenvalue weighted by Crippen LogP contribution is 2.37. The largest absolute Gasteiger partial charge is 0.328 e. The minimum Gasteiger partial charge on any atom is -0.309 e. The SMILES string of the molecule is O=C1NC(=O)C(=Cc2cc(-c3ccccc3)n(-c3ccccc3)c2-c2ccccc2)C(=O)N1. The molecule has 0 unspecified atom stereocenters. The van der Waals surface area contributed by atoms with Gasteiger partial charge in [0.1, 0.15) is 5.57 Å². The van der Waals surface area contributed by atoms with E-state index in [1.165, 1.54) is 6.08 Å². The van der Waals surface area contributed by atoms with Gasteiger partial charge in [-0.25, -0.2) is 4.79 Å². The molecule has 2 N–H and O–H groups in total. The summed E-state index contributed by atoms with van der Waals surface area (Å²) in [6, 6.07) is 30.7. The molecule has 1 aromatic heterocycles. The molecule has 1 fully saturated rings. The standard InChI is InChI=1S/C27H19N3O3/c31-25-22(26(32)29-27(33)28-25)16-20-17-23(18-10-4-1-5-11-18)30(21-14-8-3-9-15-21)24(20)19-12-6-2-7-13-19/h1-17H,(H2,28,29,31,32,33). The van der Waals surface area contributed by atoms with E-state index in [2.05, 4.69) is 15.2 Å². The number of carbonyl (C=O) groups is 3. The molecule has 0 saturated carbocycles. The molecule has 160 valence electrons. The Morgan fingerprint density at radius 2 is 1.15 bits per heavy atom. The molecule has 6 heteroatoms. The Bertz CT molecular complexity index is 1370. The molecule has 4 aromatic rings. The number of nitrogens with zero attached hydrogens (tertiary/aromatic N) is 1. The average Bonchev–Trinajstić information content (AvgIpc) is 3.22. The van der Waals surface area contributed by atoms with E-state index in [9.17, 15) is 14.4 Å².